The Balaban J connectivity index is 2.87. The van der Waals surface area contributed by atoms with Gasteiger partial charge in [0.25, 0.3) is 0 Å². The van der Waals surface area contributed by atoms with E-state index < -0.39 is 5.97 Å². The van der Waals surface area contributed by atoms with Crippen LogP contribution in [0.15, 0.2) is 24.3 Å². The van der Waals surface area contributed by atoms with Gasteiger partial charge < -0.3 is 10.2 Å². The summed E-state index contributed by atoms with van der Waals surface area (Å²) in [6.45, 7) is 1.81. The predicted molar refractivity (Wildman–Crippen MR) is 53.0 cm³/mol. The lowest BCUT2D eigenvalue weighted by Gasteiger charge is -2.12. The second-order valence-corrected chi connectivity index (χ2v) is 3.36. The van der Waals surface area contributed by atoms with Crippen molar-refractivity contribution in [3.05, 3.63) is 35.4 Å². The number of aliphatic hydroxyl groups excluding tert-OH is 1. The number of aliphatic hydroxyl groups is 1. The number of benzene rings is 1. The zero-order chi connectivity index (χ0) is 10.6. The summed E-state index contributed by atoms with van der Waals surface area (Å²) < 4.78 is 0. The van der Waals surface area contributed by atoms with Crippen molar-refractivity contribution in [1.29, 1.82) is 0 Å². The summed E-state index contributed by atoms with van der Waals surface area (Å²) in [7, 11) is 0. The third-order valence-corrected chi connectivity index (χ3v) is 2.24. The van der Waals surface area contributed by atoms with Crippen LogP contribution in [0.4, 0.5) is 0 Å². The molecule has 76 valence electrons. The van der Waals surface area contributed by atoms with E-state index in [-0.39, 0.29) is 18.9 Å². The van der Waals surface area contributed by atoms with Gasteiger partial charge in [0, 0.05) is 0 Å². The average molecular weight is 194 g/mol. The standard InChI is InChI=1S/C11H14O3/c1-8(6-11(13)14)10-5-3-2-4-9(10)7-12/h2-5,8,12H,6-7H2,1H3,(H,13,14). The van der Waals surface area contributed by atoms with Crippen LogP contribution < -0.4 is 0 Å². The lowest BCUT2D eigenvalue weighted by atomic mass is 9.93. The molecule has 0 aliphatic rings. The molecule has 0 radical (unpaired) electrons. The molecule has 0 aliphatic carbocycles. The predicted octanol–water partition coefficient (Wildman–Crippen LogP) is 1.76. The third kappa shape index (κ3) is 2.57. The molecule has 0 aliphatic heterocycles. The van der Waals surface area contributed by atoms with Crippen LogP contribution in [0.25, 0.3) is 0 Å². The minimum absolute atomic E-state index is 0.0415. The summed E-state index contributed by atoms with van der Waals surface area (Å²) in [5.74, 6) is -0.874. The van der Waals surface area contributed by atoms with E-state index in [1.54, 1.807) is 0 Å². The van der Waals surface area contributed by atoms with Crippen molar-refractivity contribution in [3.63, 3.8) is 0 Å². The molecule has 0 amide bonds. The van der Waals surface area contributed by atoms with Crippen LogP contribution in [0.3, 0.4) is 0 Å². The summed E-state index contributed by atoms with van der Waals surface area (Å²) in [4.78, 5) is 10.5. The molecule has 0 fully saturated rings. The minimum Gasteiger partial charge on any atom is -0.481 e. The van der Waals surface area contributed by atoms with Crippen molar-refractivity contribution in [2.24, 2.45) is 0 Å². The zero-order valence-electron chi connectivity index (χ0n) is 8.10. The molecule has 3 heteroatoms. The summed E-state index contributed by atoms with van der Waals surface area (Å²) in [6, 6.07) is 7.36. The SMILES string of the molecule is CC(CC(=O)O)c1ccccc1CO. The molecule has 0 bridgehead atoms. The zero-order valence-corrected chi connectivity index (χ0v) is 8.10. The largest absolute Gasteiger partial charge is 0.481 e. The van der Waals surface area contributed by atoms with Gasteiger partial charge in [-0.3, -0.25) is 4.79 Å². The van der Waals surface area contributed by atoms with Gasteiger partial charge in [-0.25, -0.2) is 0 Å². The van der Waals surface area contributed by atoms with Gasteiger partial charge >= 0.3 is 5.97 Å². The molecule has 1 aromatic carbocycles. The van der Waals surface area contributed by atoms with E-state index in [0.717, 1.165) is 11.1 Å². The number of rotatable bonds is 4. The molecule has 0 heterocycles. The fourth-order valence-electron chi connectivity index (χ4n) is 1.53. The fourth-order valence-corrected chi connectivity index (χ4v) is 1.53. The van der Waals surface area contributed by atoms with Crippen molar-refractivity contribution in [2.45, 2.75) is 25.9 Å². The number of carbonyl (C=O) groups is 1. The van der Waals surface area contributed by atoms with Gasteiger partial charge in [-0.05, 0) is 17.0 Å². The first-order chi connectivity index (χ1) is 6.65. The number of hydrogen-bond acceptors (Lipinski definition) is 2. The van der Waals surface area contributed by atoms with Gasteiger partial charge in [0.15, 0.2) is 0 Å². The maximum atomic E-state index is 10.5. The van der Waals surface area contributed by atoms with Gasteiger partial charge in [0.2, 0.25) is 0 Å². The van der Waals surface area contributed by atoms with E-state index in [4.69, 9.17) is 10.2 Å². The van der Waals surface area contributed by atoms with Crippen molar-refractivity contribution in [2.75, 3.05) is 0 Å². The number of hydrogen-bond donors (Lipinski definition) is 2. The molecule has 2 N–H and O–H groups in total. The molecule has 1 atom stereocenters. The third-order valence-electron chi connectivity index (χ3n) is 2.24. The van der Waals surface area contributed by atoms with Gasteiger partial charge in [-0.2, -0.15) is 0 Å². The second kappa shape index (κ2) is 4.77. The lowest BCUT2D eigenvalue weighted by Crippen LogP contribution is -2.05. The summed E-state index contributed by atoms with van der Waals surface area (Å²) in [6.07, 6.45) is 0.0943. The normalized spacial score (nSPS) is 12.4. The first-order valence-corrected chi connectivity index (χ1v) is 4.55. The quantitative estimate of drug-likeness (QED) is 0.767. The van der Waals surface area contributed by atoms with Crippen molar-refractivity contribution in [1.82, 2.24) is 0 Å². The second-order valence-electron chi connectivity index (χ2n) is 3.36. The van der Waals surface area contributed by atoms with Gasteiger partial charge in [-0.15, -0.1) is 0 Å². The molecule has 1 aromatic rings. The van der Waals surface area contributed by atoms with E-state index in [1.165, 1.54) is 0 Å². The molecule has 1 unspecified atom stereocenters. The fraction of sp³-hybridized carbons (Fsp3) is 0.364. The van der Waals surface area contributed by atoms with E-state index >= 15 is 0 Å². The topological polar surface area (TPSA) is 57.5 Å². The number of carboxylic acids is 1. The van der Waals surface area contributed by atoms with Crippen molar-refractivity contribution >= 4 is 5.97 Å². The smallest absolute Gasteiger partial charge is 0.303 e. The Morgan fingerprint density at radius 3 is 2.64 bits per heavy atom. The Kier molecular flexibility index (Phi) is 3.65. The van der Waals surface area contributed by atoms with Crippen LogP contribution in [0, 0.1) is 0 Å². The van der Waals surface area contributed by atoms with Crippen LogP contribution >= 0.6 is 0 Å². The Bertz CT molecular complexity index is 320. The maximum Gasteiger partial charge on any atom is 0.303 e. The Labute approximate surface area is 83.0 Å². The Morgan fingerprint density at radius 1 is 1.43 bits per heavy atom. The van der Waals surface area contributed by atoms with Crippen molar-refractivity contribution in [3.8, 4) is 0 Å². The van der Waals surface area contributed by atoms with E-state index in [2.05, 4.69) is 0 Å². The number of aliphatic carboxylic acids is 1. The molecule has 0 saturated heterocycles. The highest BCUT2D eigenvalue weighted by Gasteiger charge is 2.12. The van der Waals surface area contributed by atoms with Gasteiger partial charge in [0.05, 0.1) is 13.0 Å². The van der Waals surface area contributed by atoms with Crippen LogP contribution in [0.2, 0.25) is 0 Å². The first-order valence-electron chi connectivity index (χ1n) is 4.55. The number of carboxylic acid groups (broad SMARTS) is 1. The van der Waals surface area contributed by atoms with E-state index in [1.807, 2.05) is 31.2 Å². The summed E-state index contributed by atoms with van der Waals surface area (Å²) >= 11 is 0. The lowest BCUT2D eigenvalue weighted by molar-refractivity contribution is -0.137. The minimum atomic E-state index is -0.815. The highest BCUT2D eigenvalue weighted by Crippen LogP contribution is 2.22. The van der Waals surface area contributed by atoms with Crippen LogP contribution in [-0.2, 0) is 11.4 Å². The molecule has 3 nitrogen and oxygen atoms in total. The summed E-state index contributed by atoms with van der Waals surface area (Å²) in [5, 5.41) is 17.7. The van der Waals surface area contributed by atoms with Gasteiger partial charge in [-0.1, -0.05) is 31.2 Å². The van der Waals surface area contributed by atoms with Crippen LogP contribution in [0.5, 0.6) is 0 Å². The van der Waals surface area contributed by atoms with Crippen molar-refractivity contribution < 1.29 is 15.0 Å². The molecule has 1 rings (SSSR count). The van der Waals surface area contributed by atoms with Crippen LogP contribution in [0.1, 0.15) is 30.4 Å². The molecule has 0 spiro atoms. The Morgan fingerprint density at radius 2 is 2.07 bits per heavy atom. The molecular formula is C11H14O3. The molecular weight excluding hydrogens is 180 g/mol. The maximum absolute atomic E-state index is 10.5. The van der Waals surface area contributed by atoms with Crippen LogP contribution in [-0.4, -0.2) is 16.2 Å². The molecule has 14 heavy (non-hydrogen) atoms. The van der Waals surface area contributed by atoms with E-state index in [9.17, 15) is 4.79 Å². The molecule has 0 aromatic heterocycles. The van der Waals surface area contributed by atoms with E-state index in [0.29, 0.717) is 0 Å². The molecule has 0 saturated carbocycles. The summed E-state index contributed by atoms with van der Waals surface area (Å²) in [5.41, 5.74) is 1.72. The Hall–Kier alpha value is -1.35. The van der Waals surface area contributed by atoms with Gasteiger partial charge in [0.1, 0.15) is 0 Å². The monoisotopic (exact) mass is 194 g/mol. The highest BCUT2D eigenvalue weighted by molar-refractivity contribution is 5.68. The average Bonchev–Trinajstić information content (AvgIpc) is 2.16. The first kappa shape index (κ1) is 10.7. The highest BCUT2D eigenvalue weighted by atomic mass is 16.4.